The molecule has 1 amide bonds. The van der Waals surface area contributed by atoms with Crippen molar-refractivity contribution in [2.45, 2.75) is 39.0 Å². The van der Waals surface area contributed by atoms with Crippen LogP contribution in [0.15, 0.2) is 18.6 Å². The van der Waals surface area contributed by atoms with Crippen molar-refractivity contribution in [1.29, 1.82) is 0 Å². The Kier molecular flexibility index (Phi) is 4.28. The number of carbonyl (C=O) groups is 1. The van der Waals surface area contributed by atoms with Crippen molar-refractivity contribution >= 4 is 5.91 Å². The first-order valence-electron chi connectivity index (χ1n) is 6.70. The second kappa shape index (κ2) is 5.94. The Morgan fingerprint density at radius 2 is 2.33 bits per heavy atom. The highest BCUT2D eigenvalue weighted by atomic mass is 16.2. The lowest BCUT2D eigenvalue weighted by Crippen LogP contribution is -2.39. The Labute approximate surface area is 108 Å². The van der Waals surface area contributed by atoms with E-state index in [2.05, 4.69) is 23.8 Å². The molecule has 1 atom stereocenters. The molecule has 1 aromatic heterocycles. The van der Waals surface area contributed by atoms with Crippen molar-refractivity contribution in [2.24, 2.45) is 5.92 Å². The molecule has 18 heavy (non-hydrogen) atoms. The Morgan fingerprint density at radius 1 is 1.50 bits per heavy atom. The zero-order valence-electron chi connectivity index (χ0n) is 11.2. The lowest BCUT2D eigenvalue weighted by molar-refractivity contribution is -0.133. The van der Waals surface area contributed by atoms with Gasteiger partial charge in [0.2, 0.25) is 5.91 Å². The highest BCUT2D eigenvalue weighted by Gasteiger charge is 2.25. The minimum absolute atomic E-state index is 0.276. The van der Waals surface area contributed by atoms with Gasteiger partial charge in [0, 0.05) is 44.0 Å². The molecule has 4 heteroatoms. The van der Waals surface area contributed by atoms with Gasteiger partial charge in [-0.2, -0.15) is 0 Å². The quantitative estimate of drug-likeness (QED) is 0.822. The summed E-state index contributed by atoms with van der Waals surface area (Å²) in [5.41, 5.74) is 1.01. The van der Waals surface area contributed by atoms with Gasteiger partial charge in [-0.15, -0.1) is 0 Å². The molecular weight excluding hydrogens is 226 g/mol. The van der Waals surface area contributed by atoms with Crippen molar-refractivity contribution in [3.8, 4) is 0 Å². The van der Waals surface area contributed by atoms with E-state index in [4.69, 9.17) is 0 Å². The number of aromatic nitrogens is 2. The zero-order valence-corrected chi connectivity index (χ0v) is 11.2. The first-order valence-corrected chi connectivity index (χ1v) is 6.70. The van der Waals surface area contributed by atoms with E-state index in [1.54, 1.807) is 12.4 Å². The van der Waals surface area contributed by atoms with Gasteiger partial charge in [0.1, 0.15) is 0 Å². The maximum Gasteiger partial charge on any atom is 0.222 e. The van der Waals surface area contributed by atoms with Crippen LogP contribution in [-0.4, -0.2) is 33.9 Å². The van der Waals surface area contributed by atoms with Gasteiger partial charge in [-0.05, 0) is 18.8 Å². The van der Waals surface area contributed by atoms with E-state index in [-0.39, 0.29) is 5.91 Å². The maximum absolute atomic E-state index is 12.1. The van der Waals surface area contributed by atoms with Gasteiger partial charge in [-0.1, -0.05) is 13.8 Å². The molecule has 2 rings (SSSR count). The van der Waals surface area contributed by atoms with E-state index in [0.29, 0.717) is 18.3 Å². The minimum atomic E-state index is 0.276. The number of carbonyl (C=O) groups excluding carboxylic acids is 1. The van der Waals surface area contributed by atoms with E-state index in [1.165, 1.54) is 0 Å². The lowest BCUT2D eigenvalue weighted by atomic mass is 9.94. The van der Waals surface area contributed by atoms with Crippen LogP contribution in [0.5, 0.6) is 0 Å². The molecule has 1 saturated heterocycles. The van der Waals surface area contributed by atoms with Crippen molar-refractivity contribution in [2.75, 3.05) is 13.1 Å². The molecular formula is C14H21N3O. The molecule has 2 heterocycles. The first-order chi connectivity index (χ1) is 8.66. The second-order valence-electron chi connectivity index (χ2n) is 5.41. The third-order valence-electron chi connectivity index (χ3n) is 3.36. The first kappa shape index (κ1) is 13.0. The third-order valence-corrected chi connectivity index (χ3v) is 3.36. The number of amides is 1. The lowest BCUT2D eigenvalue weighted by Gasteiger charge is -2.32. The Morgan fingerprint density at radius 3 is 3.00 bits per heavy atom. The van der Waals surface area contributed by atoms with Crippen molar-refractivity contribution < 1.29 is 4.79 Å². The van der Waals surface area contributed by atoms with Gasteiger partial charge in [0.15, 0.2) is 0 Å². The molecule has 0 radical (unpaired) electrons. The number of hydrogen-bond donors (Lipinski definition) is 0. The molecule has 0 aromatic carbocycles. The molecule has 0 unspecified atom stereocenters. The summed E-state index contributed by atoms with van der Waals surface area (Å²) in [6.07, 6.45) is 8.04. The van der Waals surface area contributed by atoms with Crippen LogP contribution < -0.4 is 0 Å². The molecule has 0 spiro atoms. The summed E-state index contributed by atoms with van der Waals surface area (Å²) in [6.45, 7) is 5.86. The van der Waals surface area contributed by atoms with E-state index >= 15 is 0 Å². The molecule has 1 fully saturated rings. The predicted molar refractivity (Wildman–Crippen MR) is 70.0 cm³/mol. The molecule has 0 aliphatic carbocycles. The molecule has 1 aliphatic rings. The molecule has 98 valence electrons. The van der Waals surface area contributed by atoms with Crippen LogP contribution in [0.4, 0.5) is 0 Å². The smallest absolute Gasteiger partial charge is 0.222 e. The second-order valence-corrected chi connectivity index (χ2v) is 5.41. The largest absolute Gasteiger partial charge is 0.342 e. The third kappa shape index (κ3) is 3.28. The van der Waals surface area contributed by atoms with E-state index < -0.39 is 0 Å². The molecule has 0 N–H and O–H groups in total. The fourth-order valence-corrected chi connectivity index (χ4v) is 2.44. The van der Waals surface area contributed by atoms with Crippen LogP contribution in [0.25, 0.3) is 0 Å². The summed E-state index contributed by atoms with van der Waals surface area (Å²) in [4.78, 5) is 22.5. The average Bonchev–Trinajstić information content (AvgIpc) is 2.39. The molecule has 4 nitrogen and oxygen atoms in total. The number of nitrogens with zero attached hydrogens (tertiary/aromatic N) is 3. The highest BCUT2D eigenvalue weighted by Crippen LogP contribution is 2.25. The number of rotatable bonds is 3. The summed E-state index contributed by atoms with van der Waals surface area (Å²) in [6, 6.07) is 0. The van der Waals surface area contributed by atoms with E-state index in [0.717, 1.165) is 31.6 Å². The molecule has 1 aromatic rings. The Balaban J connectivity index is 1.98. The number of piperidine rings is 1. The fraction of sp³-hybridized carbons (Fsp3) is 0.643. The summed E-state index contributed by atoms with van der Waals surface area (Å²) in [7, 11) is 0. The normalized spacial score (nSPS) is 20.2. The topological polar surface area (TPSA) is 46.1 Å². The Bertz CT molecular complexity index is 391. The molecule has 0 bridgehead atoms. The van der Waals surface area contributed by atoms with Gasteiger partial charge in [-0.3, -0.25) is 14.8 Å². The van der Waals surface area contributed by atoms with Gasteiger partial charge >= 0.3 is 0 Å². The monoisotopic (exact) mass is 247 g/mol. The summed E-state index contributed by atoms with van der Waals surface area (Å²) >= 11 is 0. The number of hydrogen-bond acceptors (Lipinski definition) is 3. The average molecular weight is 247 g/mol. The van der Waals surface area contributed by atoms with Gasteiger partial charge in [0.05, 0.1) is 5.69 Å². The van der Waals surface area contributed by atoms with Crippen LogP contribution in [0.3, 0.4) is 0 Å². The van der Waals surface area contributed by atoms with Crippen molar-refractivity contribution in [3.63, 3.8) is 0 Å². The van der Waals surface area contributed by atoms with Crippen LogP contribution in [0, 0.1) is 5.92 Å². The Hall–Kier alpha value is -1.45. The maximum atomic E-state index is 12.1. The minimum Gasteiger partial charge on any atom is -0.342 e. The summed E-state index contributed by atoms with van der Waals surface area (Å²) < 4.78 is 0. The van der Waals surface area contributed by atoms with Crippen LogP contribution in [0.1, 0.15) is 44.7 Å². The summed E-state index contributed by atoms with van der Waals surface area (Å²) in [5.74, 6) is 1.05. The fourth-order valence-electron chi connectivity index (χ4n) is 2.44. The van der Waals surface area contributed by atoms with Gasteiger partial charge in [0.25, 0.3) is 0 Å². The van der Waals surface area contributed by atoms with Crippen molar-refractivity contribution in [3.05, 3.63) is 24.3 Å². The number of likely N-dealkylation sites (tertiary alicyclic amines) is 1. The van der Waals surface area contributed by atoms with E-state index in [1.807, 2.05) is 11.1 Å². The van der Waals surface area contributed by atoms with Crippen LogP contribution in [-0.2, 0) is 4.79 Å². The van der Waals surface area contributed by atoms with Gasteiger partial charge < -0.3 is 4.90 Å². The van der Waals surface area contributed by atoms with Crippen molar-refractivity contribution in [1.82, 2.24) is 14.9 Å². The van der Waals surface area contributed by atoms with E-state index in [9.17, 15) is 4.79 Å². The zero-order chi connectivity index (χ0) is 13.0. The summed E-state index contributed by atoms with van der Waals surface area (Å²) in [5, 5.41) is 0. The SMILES string of the molecule is CC(C)CC(=O)N1CCC[C@@H](c2cnccn2)C1. The molecule has 0 saturated carbocycles. The van der Waals surface area contributed by atoms with Gasteiger partial charge in [-0.25, -0.2) is 0 Å². The predicted octanol–water partition coefficient (Wildman–Crippen LogP) is 2.23. The molecule has 1 aliphatic heterocycles. The standard InChI is InChI=1S/C14H21N3O/c1-11(2)8-14(18)17-7-3-4-12(10-17)13-9-15-5-6-16-13/h5-6,9,11-12H,3-4,7-8,10H2,1-2H3/t12-/m1/s1. The van der Waals surface area contributed by atoms with Crippen LogP contribution in [0.2, 0.25) is 0 Å². The highest BCUT2D eigenvalue weighted by molar-refractivity contribution is 5.76. The van der Waals surface area contributed by atoms with Crippen LogP contribution >= 0.6 is 0 Å².